The lowest BCUT2D eigenvalue weighted by Crippen LogP contribution is -2.49. The van der Waals surface area contributed by atoms with Crippen molar-refractivity contribution >= 4 is 11.6 Å². The Bertz CT molecular complexity index is 920. The van der Waals surface area contributed by atoms with Crippen LogP contribution in [0.3, 0.4) is 0 Å². The number of halogens is 5. The minimum absolute atomic E-state index is 0.0151. The SMILES string of the molecule is NC1CCCN(C2Cc3cc(Cl)ccc3C2OCc2cccc(C(F)(F)F)c2F)C1. The number of piperidine rings is 1. The van der Waals surface area contributed by atoms with Gasteiger partial charge in [0.05, 0.1) is 18.3 Å². The molecule has 162 valence electrons. The highest BCUT2D eigenvalue weighted by Gasteiger charge is 2.39. The summed E-state index contributed by atoms with van der Waals surface area (Å²) in [4.78, 5) is 2.27. The fourth-order valence-electron chi connectivity index (χ4n) is 4.52. The van der Waals surface area contributed by atoms with Crippen LogP contribution in [0.4, 0.5) is 17.6 Å². The predicted octanol–water partition coefficient (Wildman–Crippen LogP) is 5.10. The predicted molar refractivity (Wildman–Crippen MR) is 107 cm³/mol. The lowest BCUT2D eigenvalue weighted by Gasteiger charge is -2.38. The lowest BCUT2D eigenvalue weighted by atomic mass is 10.0. The van der Waals surface area contributed by atoms with Gasteiger partial charge < -0.3 is 10.5 Å². The number of hydrogen-bond donors (Lipinski definition) is 1. The van der Waals surface area contributed by atoms with Crippen LogP contribution in [0.15, 0.2) is 36.4 Å². The van der Waals surface area contributed by atoms with Gasteiger partial charge in [-0.1, -0.05) is 29.8 Å². The molecule has 0 amide bonds. The molecule has 30 heavy (non-hydrogen) atoms. The standard InChI is InChI=1S/C22H23ClF4N2O/c23-15-6-7-17-14(9-15)10-19(29-8-2-4-16(28)11-29)21(17)30-12-13-3-1-5-18(20(13)24)22(25,26)27/h1,3,5-7,9,16,19,21H,2,4,8,10-12,28H2. The number of nitrogens with two attached hydrogens (primary N) is 1. The molecule has 1 heterocycles. The largest absolute Gasteiger partial charge is 0.419 e. The van der Waals surface area contributed by atoms with Gasteiger partial charge in [0.25, 0.3) is 0 Å². The minimum atomic E-state index is -4.75. The molecule has 3 atom stereocenters. The molecule has 2 aromatic rings. The van der Waals surface area contributed by atoms with Gasteiger partial charge in [0.15, 0.2) is 0 Å². The van der Waals surface area contributed by atoms with E-state index in [9.17, 15) is 17.6 Å². The van der Waals surface area contributed by atoms with Crippen molar-refractivity contribution in [2.45, 2.75) is 50.2 Å². The van der Waals surface area contributed by atoms with Crippen molar-refractivity contribution in [1.29, 1.82) is 0 Å². The molecule has 3 nitrogen and oxygen atoms in total. The fraction of sp³-hybridized carbons (Fsp3) is 0.455. The van der Waals surface area contributed by atoms with Crippen LogP contribution in [-0.4, -0.2) is 30.1 Å². The van der Waals surface area contributed by atoms with Crippen LogP contribution in [-0.2, 0) is 23.9 Å². The maximum Gasteiger partial charge on any atom is 0.419 e. The number of likely N-dealkylation sites (tertiary alicyclic amines) is 1. The Balaban J connectivity index is 1.59. The van der Waals surface area contributed by atoms with Crippen molar-refractivity contribution in [3.05, 3.63) is 69.5 Å². The second-order valence-electron chi connectivity index (χ2n) is 8.02. The maximum atomic E-state index is 14.4. The molecular weight excluding hydrogens is 420 g/mol. The second-order valence-corrected chi connectivity index (χ2v) is 8.46. The smallest absolute Gasteiger partial charge is 0.367 e. The lowest BCUT2D eigenvalue weighted by molar-refractivity contribution is -0.140. The van der Waals surface area contributed by atoms with Crippen LogP contribution in [0, 0.1) is 5.82 Å². The normalized spacial score (nSPS) is 24.8. The minimum Gasteiger partial charge on any atom is -0.367 e. The van der Waals surface area contributed by atoms with E-state index >= 15 is 0 Å². The molecule has 0 spiro atoms. The summed E-state index contributed by atoms with van der Waals surface area (Å²) < 4.78 is 59.6. The van der Waals surface area contributed by atoms with Gasteiger partial charge in [0, 0.05) is 29.2 Å². The highest BCUT2D eigenvalue weighted by Crippen LogP contribution is 2.40. The number of ether oxygens (including phenoxy) is 1. The summed E-state index contributed by atoms with van der Waals surface area (Å²) in [5, 5.41) is 0.618. The average molecular weight is 443 g/mol. The first-order chi connectivity index (χ1) is 14.2. The molecule has 8 heteroatoms. The Morgan fingerprint density at radius 3 is 2.73 bits per heavy atom. The zero-order chi connectivity index (χ0) is 21.5. The number of alkyl halides is 3. The van der Waals surface area contributed by atoms with E-state index < -0.39 is 23.7 Å². The first-order valence-corrected chi connectivity index (χ1v) is 10.4. The number of rotatable bonds is 4. The van der Waals surface area contributed by atoms with Crippen molar-refractivity contribution in [1.82, 2.24) is 4.90 Å². The summed E-state index contributed by atoms with van der Waals surface area (Å²) in [5.74, 6) is -1.28. The summed E-state index contributed by atoms with van der Waals surface area (Å²) in [5.41, 5.74) is 6.75. The molecule has 1 aliphatic carbocycles. The monoisotopic (exact) mass is 442 g/mol. The molecule has 1 saturated heterocycles. The van der Waals surface area contributed by atoms with Gasteiger partial charge in [-0.05, 0) is 55.1 Å². The van der Waals surface area contributed by atoms with Crippen molar-refractivity contribution in [2.75, 3.05) is 13.1 Å². The van der Waals surface area contributed by atoms with Gasteiger partial charge in [-0.2, -0.15) is 13.2 Å². The number of benzene rings is 2. The van der Waals surface area contributed by atoms with Gasteiger partial charge in [-0.3, -0.25) is 4.90 Å². The quantitative estimate of drug-likeness (QED) is 0.669. The third-order valence-corrected chi connectivity index (χ3v) is 6.19. The summed E-state index contributed by atoms with van der Waals surface area (Å²) in [6.07, 6.45) is -2.49. The molecule has 2 N–H and O–H groups in total. The number of nitrogens with zero attached hydrogens (tertiary/aromatic N) is 1. The van der Waals surface area contributed by atoms with Gasteiger partial charge >= 0.3 is 6.18 Å². The molecular formula is C22H23ClF4N2O. The van der Waals surface area contributed by atoms with Crippen molar-refractivity contribution in [2.24, 2.45) is 5.73 Å². The van der Waals surface area contributed by atoms with Gasteiger partial charge in [0.2, 0.25) is 0 Å². The summed E-state index contributed by atoms with van der Waals surface area (Å²) >= 11 is 6.15. The van der Waals surface area contributed by atoms with E-state index in [0.717, 1.165) is 43.1 Å². The Kier molecular flexibility index (Phi) is 6.08. The highest BCUT2D eigenvalue weighted by molar-refractivity contribution is 6.30. The fourth-order valence-corrected chi connectivity index (χ4v) is 4.72. The van der Waals surface area contributed by atoms with E-state index in [0.29, 0.717) is 11.4 Å². The Hall–Kier alpha value is -1.67. The van der Waals surface area contributed by atoms with E-state index in [1.165, 1.54) is 12.1 Å². The van der Waals surface area contributed by atoms with Crippen molar-refractivity contribution in [3.63, 3.8) is 0 Å². The maximum absolute atomic E-state index is 14.4. The van der Waals surface area contributed by atoms with Crippen molar-refractivity contribution in [3.8, 4) is 0 Å². The third kappa shape index (κ3) is 4.35. The molecule has 3 unspecified atom stereocenters. The van der Waals surface area contributed by atoms with Gasteiger partial charge in [-0.15, -0.1) is 0 Å². The van der Waals surface area contributed by atoms with Crippen molar-refractivity contribution < 1.29 is 22.3 Å². The summed E-state index contributed by atoms with van der Waals surface area (Å²) in [7, 11) is 0. The Labute approximate surface area is 177 Å². The zero-order valence-electron chi connectivity index (χ0n) is 16.3. The van der Waals surface area contributed by atoms with Crippen LogP contribution in [0.1, 0.15) is 41.2 Å². The number of fused-ring (bicyclic) bond motifs is 1. The van der Waals surface area contributed by atoms with Crippen LogP contribution in [0.25, 0.3) is 0 Å². The topological polar surface area (TPSA) is 38.5 Å². The molecule has 0 saturated carbocycles. The summed E-state index contributed by atoms with van der Waals surface area (Å²) in [6.45, 7) is 1.35. The van der Waals surface area contributed by atoms with E-state index in [-0.39, 0.29) is 24.3 Å². The van der Waals surface area contributed by atoms with Gasteiger partial charge in [0.1, 0.15) is 5.82 Å². The van der Waals surface area contributed by atoms with Crippen LogP contribution < -0.4 is 5.73 Å². The molecule has 1 fully saturated rings. The molecule has 0 bridgehead atoms. The van der Waals surface area contributed by atoms with Crippen LogP contribution in [0.5, 0.6) is 0 Å². The molecule has 0 aromatic heterocycles. The van der Waals surface area contributed by atoms with E-state index in [1.807, 2.05) is 12.1 Å². The molecule has 2 aliphatic rings. The first kappa shape index (κ1) is 21.6. The third-order valence-electron chi connectivity index (χ3n) is 5.95. The molecule has 0 radical (unpaired) electrons. The van der Waals surface area contributed by atoms with Gasteiger partial charge in [-0.25, -0.2) is 4.39 Å². The van der Waals surface area contributed by atoms with Crippen LogP contribution >= 0.6 is 11.6 Å². The number of hydrogen-bond acceptors (Lipinski definition) is 3. The average Bonchev–Trinajstić information content (AvgIpc) is 3.04. The van der Waals surface area contributed by atoms with E-state index in [1.54, 1.807) is 6.07 Å². The highest BCUT2D eigenvalue weighted by atomic mass is 35.5. The van der Waals surface area contributed by atoms with E-state index in [4.69, 9.17) is 22.1 Å². The molecule has 2 aromatic carbocycles. The Morgan fingerprint density at radius 2 is 2.00 bits per heavy atom. The summed E-state index contributed by atoms with van der Waals surface area (Å²) in [6, 6.07) is 8.88. The second kappa shape index (κ2) is 8.46. The van der Waals surface area contributed by atoms with E-state index in [2.05, 4.69) is 4.90 Å². The molecule has 4 rings (SSSR count). The van der Waals surface area contributed by atoms with Crippen LogP contribution in [0.2, 0.25) is 5.02 Å². The molecule has 1 aliphatic heterocycles. The Morgan fingerprint density at radius 1 is 1.20 bits per heavy atom. The first-order valence-electron chi connectivity index (χ1n) is 9.98. The zero-order valence-corrected chi connectivity index (χ0v) is 17.0.